The average Bonchev–Trinajstić information content (AvgIpc) is 3.60. The molecule has 3 heterocycles. The Morgan fingerprint density at radius 2 is 1.73 bits per heavy atom. The lowest BCUT2D eigenvalue weighted by atomic mass is 9.90. The first kappa shape index (κ1) is 24.2. The summed E-state index contributed by atoms with van der Waals surface area (Å²) < 4.78 is 7.72. The van der Waals surface area contributed by atoms with Gasteiger partial charge in [-0.3, -0.25) is 9.58 Å². The number of para-hydroxylation sites is 1. The van der Waals surface area contributed by atoms with E-state index in [-0.39, 0.29) is 0 Å². The summed E-state index contributed by atoms with van der Waals surface area (Å²) in [4.78, 5) is 13.6. The highest BCUT2D eigenvalue weighted by atomic mass is 16.5. The Morgan fingerprint density at radius 1 is 0.946 bits per heavy atom. The van der Waals surface area contributed by atoms with Crippen LogP contribution in [0.15, 0.2) is 54.7 Å². The number of aromatic amines is 1. The van der Waals surface area contributed by atoms with Crippen LogP contribution in [-0.2, 0) is 6.42 Å². The Labute approximate surface area is 219 Å². The summed E-state index contributed by atoms with van der Waals surface area (Å²) in [5, 5.41) is 5.01. The predicted octanol–water partition coefficient (Wildman–Crippen LogP) is 5.15. The van der Waals surface area contributed by atoms with Crippen molar-refractivity contribution in [3.05, 3.63) is 66.1 Å². The second kappa shape index (κ2) is 10.7. The van der Waals surface area contributed by atoms with Crippen molar-refractivity contribution in [1.82, 2.24) is 29.5 Å². The van der Waals surface area contributed by atoms with Crippen LogP contribution < -0.4 is 4.74 Å². The molecule has 0 spiro atoms. The van der Waals surface area contributed by atoms with Gasteiger partial charge in [0.05, 0.1) is 29.9 Å². The van der Waals surface area contributed by atoms with E-state index in [9.17, 15) is 0 Å². The van der Waals surface area contributed by atoms with Crippen LogP contribution in [0, 0.1) is 0 Å². The Morgan fingerprint density at radius 3 is 2.51 bits per heavy atom. The van der Waals surface area contributed by atoms with E-state index in [2.05, 4.69) is 62.9 Å². The molecule has 7 heteroatoms. The van der Waals surface area contributed by atoms with Crippen LogP contribution in [0.2, 0.25) is 0 Å². The Hall–Kier alpha value is -3.16. The fraction of sp³-hybridized carbons (Fsp3) is 0.467. The summed E-state index contributed by atoms with van der Waals surface area (Å²) in [5.74, 6) is 1.83. The molecule has 1 aliphatic carbocycles. The molecule has 1 saturated carbocycles. The molecular formula is C30H38N6O. The molecule has 1 saturated heterocycles. The van der Waals surface area contributed by atoms with Crippen LogP contribution in [0.4, 0.5) is 0 Å². The number of rotatable bonds is 7. The molecule has 1 N–H and O–H groups in total. The lowest BCUT2D eigenvalue weighted by Gasteiger charge is -2.41. The van der Waals surface area contributed by atoms with Crippen molar-refractivity contribution in [3.8, 4) is 17.0 Å². The largest absolute Gasteiger partial charge is 0.496 e. The van der Waals surface area contributed by atoms with Crippen molar-refractivity contribution in [2.45, 2.75) is 51.1 Å². The van der Waals surface area contributed by atoms with Crippen LogP contribution >= 0.6 is 0 Å². The summed E-state index contributed by atoms with van der Waals surface area (Å²) in [7, 11) is 1.71. The monoisotopic (exact) mass is 498 g/mol. The Bertz CT molecular complexity index is 1330. The van der Waals surface area contributed by atoms with E-state index in [0.29, 0.717) is 12.5 Å². The number of nitrogens with zero attached hydrogens (tertiary/aromatic N) is 5. The SMILES string of the molecule is CCN1CCN([C@H]2CC[C@@H](n3ccc(-c4ccc5nc(Cc6ccccc6OC)[nH]c5c4)n3)CC2)CC1. The number of methoxy groups -OCH3 is 1. The fourth-order valence-electron chi connectivity index (χ4n) is 6.16. The molecule has 0 unspecified atom stereocenters. The van der Waals surface area contributed by atoms with E-state index in [1.807, 2.05) is 18.2 Å². The number of ether oxygens (including phenoxy) is 1. The van der Waals surface area contributed by atoms with E-state index < -0.39 is 0 Å². The van der Waals surface area contributed by atoms with Crippen molar-refractivity contribution in [2.75, 3.05) is 39.8 Å². The molecule has 4 aromatic rings. The smallest absolute Gasteiger partial charge is 0.122 e. The molecular weight excluding hydrogens is 460 g/mol. The molecule has 7 nitrogen and oxygen atoms in total. The number of hydrogen-bond donors (Lipinski definition) is 1. The van der Waals surface area contributed by atoms with E-state index in [1.54, 1.807) is 7.11 Å². The zero-order valence-electron chi connectivity index (χ0n) is 22.1. The lowest BCUT2D eigenvalue weighted by Crippen LogP contribution is -2.51. The highest BCUT2D eigenvalue weighted by Crippen LogP contribution is 2.32. The van der Waals surface area contributed by atoms with Gasteiger partial charge in [0.2, 0.25) is 0 Å². The maximum absolute atomic E-state index is 5.51. The van der Waals surface area contributed by atoms with Gasteiger partial charge in [-0.2, -0.15) is 5.10 Å². The summed E-state index contributed by atoms with van der Waals surface area (Å²) in [6.07, 6.45) is 7.86. The molecule has 2 fully saturated rings. The van der Waals surface area contributed by atoms with E-state index in [1.165, 1.54) is 58.4 Å². The predicted molar refractivity (Wildman–Crippen MR) is 148 cm³/mol. The number of piperazine rings is 1. The van der Waals surface area contributed by atoms with Gasteiger partial charge >= 0.3 is 0 Å². The third kappa shape index (κ3) is 5.15. The minimum atomic E-state index is 0.505. The highest BCUT2D eigenvalue weighted by molar-refractivity contribution is 5.81. The number of hydrogen-bond acceptors (Lipinski definition) is 5. The van der Waals surface area contributed by atoms with E-state index >= 15 is 0 Å². The number of imidazole rings is 1. The van der Waals surface area contributed by atoms with Crippen molar-refractivity contribution < 1.29 is 4.74 Å². The second-order valence-corrected chi connectivity index (χ2v) is 10.5. The maximum Gasteiger partial charge on any atom is 0.122 e. The van der Waals surface area contributed by atoms with Gasteiger partial charge in [0.25, 0.3) is 0 Å². The third-order valence-electron chi connectivity index (χ3n) is 8.40. The third-order valence-corrected chi connectivity index (χ3v) is 8.40. The zero-order chi connectivity index (χ0) is 25.2. The van der Waals surface area contributed by atoms with Crippen molar-refractivity contribution in [1.29, 1.82) is 0 Å². The standard InChI is InChI=1S/C30H38N6O/c1-3-34-16-18-35(19-17-34)24-9-11-25(12-10-24)36-15-14-26(33-36)22-8-13-27-28(20-22)32-30(31-27)21-23-6-4-5-7-29(23)37-2/h4-8,13-15,20,24-25H,3,9-12,16-19,21H2,1-2H3,(H,31,32)/t24-,25+. The van der Waals surface area contributed by atoms with Crippen LogP contribution in [0.5, 0.6) is 5.75 Å². The van der Waals surface area contributed by atoms with Gasteiger partial charge in [-0.1, -0.05) is 31.2 Å². The number of nitrogens with one attached hydrogen (secondary N) is 1. The number of benzene rings is 2. The number of fused-ring (bicyclic) bond motifs is 1. The maximum atomic E-state index is 5.51. The zero-order valence-corrected chi connectivity index (χ0v) is 22.1. The van der Waals surface area contributed by atoms with Gasteiger partial charge < -0.3 is 14.6 Å². The van der Waals surface area contributed by atoms with E-state index in [4.69, 9.17) is 14.8 Å². The lowest BCUT2D eigenvalue weighted by molar-refractivity contribution is 0.0728. The average molecular weight is 499 g/mol. The van der Waals surface area contributed by atoms with Crippen molar-refractivity contribution in [2.24, 2.45) is 0 Å². The summed E-state index contributed by atoms with van der Waals surface area (Å²) in [5.41, 5.74) is 5.30. The summed E-state index contributed by atoms with van der Waals surface area (Å²) in [6.45, 7) is 8.35. The first-order valence-corrected chi connectivity index (χ1v) is 13.8. The van der Waals surface area contributed by atoms with Crippen LogP contribution in [-0.4, -0.2) is 75.4 Å². The normalized spacial score (nSPS) is 21.5. The van der Waals surface area contributed by atoms with E-state index in [0.717, 1.165) is 45.5 Å². The molecule has 0 radical (unpaired) electrons. The minimum absolute atomic E-state index is 0.505. The fourth-order valence-corrected chi connectivity index (χ4v) is 6.16. The number of H-pyrrole nitrogens is 1. The summed E-state index contributed by atoms with van der Waals surface area (Å²) in [6, 6.07) is 17.9. The molecule has 37 heavy (non-hydrogen) atoms. The van der Waals surface area contributed by atoms with Gasteiger partial charge in [0, 0.05) is 56.0 Å². The van der Waals surface area contributed by atoms with Crippen LogP contribution in [0.25, 0.3) is 22.3 Å². The van der Waals surface area contributed by atoms with Gasteiger partial charge in [0.1, 0.15) is 11.6 Å². The molecule has 0 atom stereocenters. The summed E-state index contributed by atoms with van der Waals surface area (Å²) >= 11 is 0. The topological polar surface area (TPSA) is 62.2 Å². The van der Waals surface area contributed by atoms with Gasteiger partial charge in [-0.05, 0) is 56.5 Å². The molecule has 6 rings (SSSR count). The van der Waals surface area contributed by atoms with Crippen molar-refractivity contribution in [3.63, 3.8) is 0 Å². The molecule has 194 valence electrons. The second-order valence-electron chi connectivity index (χ2n) is 10.5. The number of aromatic nitrogens is 4. The Kier molecular flexibility index (Phi) is 6.98. The molecule has 0 amide bonds. The van der Waals surface area contributed by atoms with Gasteiger partial charge in [-0.15, -0.1) is 0 Å². The number of likely N-dealkylation sites (N-methyl/N-ethyl adjacent to an activating group) is 1. The van der Waals surface area contributed by atoms with Gasteiger partial charge in [0.15, 0.2) is 0 Å². The Balaban J connectivity index is 1.11. The first-order valence-electron chi connectivity index (χ1n) is 13.8. The quantitative estimate of drug-likeness (QED) is 0.382. The first-order chi connectivity index (χ1) is 18.2. The minimum Gasteiger partial charge on any atom is -0.496 e. The van der Waals surface area contributed by atoms with Gasteiger partial charge in [-0.25, -0.2) is 4.98 Å². The molecule has 2 aromatic carbocycles. The molecule has 2 aliphatic rings. The molecule has 1 aliphatic heterocycles. The molecule has 0 bridgehead atoms. The molecule has 2 aromatic heterocycles. The highest BCUT2D eigenvalue weighted by Gasteiger charge is 2.29. The van der Waals surface area contributed by atoms with Crippen molar-refractivity contribution >= 4 is 11.0 Å². The van der Waals surface area contributed by atoms with Crippen LogP contribution in [0.1, 0.15) is 50.0 Å². The van der Waals surface area contributed by atoms with Crippen LogP contribution in [0.3, 0.4) is 0 Å².